The summed E-state index contributed by atoms with van der Waals surface area (Å²) < 4.78 is 5.59. The van der Waals surface area contributed by atoms with Crippen LogP contribution >= 0.6 is 0 Å². The molecule has 3 aromatic rings. The molecule has 2 aromatic heterocycles. The number of rotatable bonds is 6. The first-order chi connectivity index (χ1) is 15.2. The minimum atomic E-state index is -0.287. The van der Waals surface area contributed by atoms with E-state index < -0.39 is 0 Å². The highest BCUT2D eigenvalue weighted by atomic mass is 16.5. The normalized spacial score (nSPS) is 16.0. The first-order valence-corrected chi connectivity index (χ1v) is 10.4. The molecule has 31 heavy (non-hydrogen) atoms. The van der Waals surface area contributed by atoms with Gasteiger partial charge in [-0.3, -0.25) is 19.7 Å². The van der Waals surface area contributed by atoms with Crippen LogP contribution < -0.4 is 10.1 Å². The molecular formula is C23H25N5O3. The summed E-state index contributed by atoms with van der Waals surface area (Å²) in [6, 6.07) is 14.6. The van der Waals surface area contributed by atoms with Crippen LogP contribution in [0, 0.1) is 5.92 Å². The number of aromatic nitrogens is 3. The lowest BCUT2D eigenvalue weighted by Crippen LogP contribution is -2.43. The van der Waals surface area contributed by atoms with E-state index in [2.05, 4.69) is 20.5 Å². The number of ether oxygens (including phenoxy) is 1. The maximum Gasteiger partial charge on any atom is 0.271 e. The number of nitrogens with zero attached hydrogens (tertiary/aromatic N) is 3. The Bertz CT molecular complexity index is 1050. The van der Waals surface area contributed by atoms with Crippen LogP contribution in [0.5, 0.6) is 5.75 Å². The average molecular weight is 419 g/mol. The summed E-state index contributed by atoms with van der Waals surface area (Å²) in [5.74, 6) is 0.0810. The summed E-state index contributed by atoms with van der Waals surface area (Å²) in [6.07, 6.45) is 3.18. The Kier molecular flexibility index (Phi) is 6.26. The van der Waals surface area contributed by atoms with Crippen molar-refractivity contribution in [2.75, 3.05) is 25.0 Å². The van der Waals surface area contributed by atoms with E-state index in [1.807, 2.05) is 49.4 Å². The molecule has 4 rings (SSSR count). The van der Waals surface area contributed by atoms with Crippen molar-refractivity contribution >= 4 is 17.5 Å². The van der Waals surface area contributed by atoms with Gasteiger partial charge in [0.2, 0.25) is 5.91 Å². The van der Waals surface area contributed by atoms with Crippen molar-refractivity contribution in [3.63, 3.8) is 0 Å². The highest BCUT2D eigenvalue weighted by Crippen LogP contribution is 2.26. The predicted octanol–water partition coefficient (Wildman–Crippen LogP) is 3.36. The number of aromatic amines is 1. The predicted molar refractivity (Wildman–Crippen MR) is 117 cm³/mol. The van der Waals surface area contributed by atoms with Gasteiger partial charge in [-0.15, -0.1) is 0 Å². The van der Waals surface area contributed by atoms with Crippen molar-refractivity contribution in [1.29, 1.82) is 0 Å². The van der Waals surface area contributed by atoms with Crippen molar-refractivity contribution in [3.05, 3.63) is 60.4 Å². The molecule has 1 unspecified atom stereocenters. The van der Waals surface area contributed by atoms with Gasteiger partial charge in [-0.25, -0.2) is 0 Å². The molecule has 0 bridgehead atoms. The first kappa shape index (κ1) is 20.6. The van der Waals surface area contributed by atoms with Crippen molar-refractivity contribution in [1.82, 2.24) is 20.1 Å². The number of amides is 2. The van der Waals surface area contributed by atoms with Gasteiger partial charge >= 0.3 is 0 Å². The molecule has 160 valence electrons. The van der Waals surface area contributed by atoms with Crippen LogP contribution in [-0.4, -0.2) is 51.6 Å². The summed E-state index contributed by atoms with van der Waals surface area (Å²) in [5, 5.41) is 9.98. The Morgan fingerprint density at radius 2 is 2.03 bits per heavy atom. The molecule has 8 heteroatoms. The SMILES string of the molecule is CCOc1ccccc1NC(=O)C1CCCN(C(=O)c2cc(-c3ccccn3)n[nH]2)C1. The highest BCUT2D eigenvalue weighted by molar-refractivity contribution is 5.96. The van der Waals surface area contributed by atoms with Gasteiger partial charge in [0.25, 0.3) is 5.91 Å². The van der Waals surface area contributed by atoms with Crippen LogP contribution in [0.25, 0.3) is 11.4 Å². The molecule has 1 aliphatic heterocycles. The topological polar surface area (TPSA) is 100 Å². The number of piperidine rings is 1. The summed E-state index contributed by atoms with van der Waals surface area (Å²) in [6.45, 7) is 3.39. The van der Waals surface area contributed by atoms with Crippen molar-refractivity contribution in [2.24, 2.45) is 5.92 Å². The Morgan fingerprint density at radius 3 is 2.84 bits per heavy atom. The van der Waals surface area contributed by atoms with Gasteiger partial charge in [0.05, 0.1) is 23.9 Å². The van der Waals surface area contributed by atoms with Crippen LogP contribution in [0.1, 0.15) is 30.3 Å². The number of benzene rings is 1. The van der Waals surface area contributed by atoms with Crippen LogP contribution in [0.3, 0.4) is 0 Å². The molecule has 1 aliphatic rings. The summed E-state index contributed by atoms with van der Waals surface area (Å²) >= 11 is 0. The zero-order chi connectivity index (χ0) is 21.6. The van der Waals surface area contributed by atoms with E-state index in [9.17, 15) is 9.59 Å². The molecule has 0 aliphatic carbocycles. The van der Waals surface area contributed by atoms with E-state index in [1.54, 1.807) is 17.2 Å². The molecule has 2 amide bonds. The van der Waals surface area contributed by atoms with E-state index in [0.717, 1.165) is 12.8 Å². The van der Waals surface area contributed by atoms with Gasteiger partial charge in [0.15, 0.2) is 0 Å². The maximum absolute atomic E-state index is 13.0. The van der Waals surface area contributed by atoms with Crippen molar-refractivity contribution in [2.45, 2.75) is 19.8 Å². The third-order valence-corrected chi connectivity index (χ3v) is 5.26. The number of likely N-dealkylation sites (tertiary alicyclic amines) is 1. The van der Waals surface area contributed by atoms with Gasteiger partial charge < -0.3 is 15.0 Å². The van der Waals surface area contributed by atoms with Crippen LogP contribution in [0.15, 0.2) is 54.7 Å². The standard InChI is InChI=1S/C23H25N5O3/c1-2-31-21-11-4-3-10-18(21)25-22(29)16-8-7-13-28(15-16)23(30)20-14-19(26-27-20)17-9-5-6-12-24-17/h3-6,9-12,14,16H,2,7-8,13,15H2,1H3,(H,25,29)(H,26,27). The van der Waals surface area contributed by atoms with Crippen molar-refractivity contribution < 1.29 is 14.3 Å². The summed E-state index contributed by atoms with van der Waals surface area (Å²) in [7, 11) is 0. The third-order valence-electron chi connectivity index (χ3n) is 5.26. The van der Waals surface area contributed by atoms with Gasteiger partial charge in [0.1, 0.15) is 17.1 Å². The second-order valence-corrected chi connectivity index (χ2v) is 7.39. The Labute approximate surface area is 180 Å². The summed E-state index contributed by atoms with van der Waals surface area (Å²) in [5.41, 5.74) is 2.35. The molecule has 1 aromatic carbocycles. The van der Waals surface area contributed by atoms with Gasteiger partial charge in [0, 0.05) is 19.3 Å². The molecule has 0 radical (unpaired) electrons. The molecule has 1 fully saturated rings. The van der Waals surface area contributed by atoms with Crippen LogP contribution in [0.4, 0.5) is 5.69 Å². The Hall–Kier alpha value is -3.68. The minimum Gasteiger partial charge on any atom is -0.492 e. The van der Waals surface area contributed by atoms with E-state index in [0.29, 0.717) is 48.2 Å². The second kappa shape index (κ2) is 9.42. The number of carbonyl (C=O) groups excluding carboxylic acids is 2. The number of nitrogens with one attached hydrogen (secondary N) is 2. The number of hydrogen-bond acceptors (Lipinski definition) is 5. The lowest BCUT2D eigenvalue weighted by molar-refractivity contribution is -0.121. The number of para-hydroxylation sites is 2. The lowest BCUT2D eigenvalue weighted by atomic mass is 9.96. The zero-order valence-electron chi connectivity index (χ0n) is 17.4. The van der Waals surface area contributed by atoms with Crippen molar-refractivity contribution in [3.8, 4) is 17.1 Å². The molecule has 0 saturated carbocycles. The molecule has 8 nitrogen and oxygen atoms in total. The highest BCUT2D eigenvalue weighted by Gasteiger charge is 2.30. The van der Waals surface area contributed by atoms with Gasteiger partial charge in [-0.1, -0.05) is 18.2 Å². The Morgan fingerprint density at radius 1 is 1.19 bits per heavy atom. The third kappa shape index (κ3) is 4.74. The van der Waals surface area contributed by atoms with E-state index in [-0.39, 0.29) is 17.7 Å². The summed E-state index contributed by atoms with van der Waals surface area (Å²) in [4.78, 5) is 31.8. The molecule has 1 atom stereocenters. The number of anilines is 1. The van der Waals surface area contributed by atoms with E-state index in [1.165, 1.54) is 0 Å². The lowest BCUT2D eigenvalue weighted by Gasteiger charge is -2.31. The van der Waals surface area contributed by atoms with Crippen LogP contribution in [-0.2, 0) is 4.79 Å². The fourth-order valence-electron chi connectivity index (χ4n) is 3.71. The number of pyridine rings is 1. The second-order valence-electron chi connectivity index (χ2n) is 7.39. The van der Waals surface area contributed by atoms with E-state index >= 15 is 0 Å². The minimum absolute atomic E-state index is 0.108. The molecule has 1 saturated heterocycles. The molecule has 2 N–H and O–H groups in total. The fourth-order valence-corrected chi connectivity index (χ4v) is 3.71. The number of hydrogen-bond donors (Lipinski definition) is 2. The average Bonchev–Trinajstić information content (AvgIpc) is 3.31. The molecule has 3 heterocycles. The van der Waals surface area contributed by atoms with Gasteiger partial charge in [-0.05, 0) is 50.1 Å². The fraction of sp³-hybridized carbons (Fsp3) is 0.304. The first-order valence-electron chi connectivity index (χ1n) is 10.4. The van der Waals surface area contributed by atoms with Gasteiger partial charge in [-0.2, -0.15) is 5.10 Å². The smallest absolute Gasteiger partial charge is 0.271 e. The number of carbonyl (C=O) groups is 2. The quantitative estimate of drug-likeness (QED) is 0.638. The maximum atomic E-state index is 13.0. The largest absolute Gasteiger partial charge is 0.492 e. The molecule has 0 spiro atoms. The monoisotopic (exact) mass is 419 g/mol. The van der Waals surface area contributed by atoms with E-state index in [4.69, 9.17) is 4.74 Å². The Balaban J connectivity index is 1.42. The molecular weight excluding hydrogens is 394 g/mol. The van der Waals surface area contributed by atoms with Crippen LogP contribution in [0.2, 0.25) is 0 Å². The number of H-pyrrole nitrogens is 1. The zero-order valence-corrected chi connectivity index (χ0v) is 17.4.